The van der Waals surface area contributed by atoms with Crippen LogP contribution < -0.4 is 9.64 Å². The number of nitrogens with zero attached hydrogens (tertiary/aromatic N) is 4. The number of ether oxygens (including phenoxy) is 1. The molecule has 1 atom stereocenters. The number of methoxy groups -OCH3 is 1. The van der Waals surface area contributed by atoms with Crippen molar-refractivity contribution in [2.45, 2.75) is 26.5 Å². The molecular weight excluding hydrogens is 316 g/mol. The Bertz CT molecular complexity index is 675. The number of aliphatic hydroxyl groups is 1. The predicted octanol–water partition coefficient (Wildman–Crippen LogP) is 1.69. The lowest BCUT2D eigenvalue weighted by atomic mass is 10.2. The third kappa shape index (κ3) is 4.52. The van der Waals surface area contributed by atoms with Gasteiger partial charge in [0.2, 0.25) is 0 Å². The molecule has 1 aliphatic rings. The number of aromatic nitrogens is 2. The highest BCUT2D eigenvalue weighted by Gasteiger charge is 2.20. The summed E-state index contributed by atoms with van der Waals surface area (Å²) in [6, 6.07) is 10.2. The largest absolute Gasteiger partial charge is 0.497 e. The Kier molecular flexibility index (Phi) is 5.60. The summed E-state index contributed by atoms with van der Waals surface area (Å²) in [6.45, 7) is 9.11. The van der Waals surface area contributed by atoms with Crippen molar-refractivity contribution >= 4 is 5.69 Å². The maximum absolute atomic E-state index is 10.4. The van der Waals surface area contributed by atoms with E-state index in [0.29, 0.717) is 13.1 Å². The maximum Gasteiger partial charge on any atom is 0.119 e. The summed E-state index contributed by atoms with van der Waals surface area (Å²) in [5, 5.41) is 14.8. The summed E-state index contributed by atoms with van der Waals surface area (Å²) in [7, 11) is 1.69. The lowest BCUT2D eigenvalue weighted by Crippen LogP contribution is -2.49. The second kappa shape index (κ2) is 7.89. The minimum Gasteiger partial charge on any atom is -0.497 e. The highest BCUT2D eigenvalue weighted by Crippen LogP contribution is 2.20. The van der Waals surface area contributed by atoms with Crippen molar-refractivity contribution in [1.29, 1.82) is 0 Å². The molecule has 3 rings (SSSR count). The normalized spacial score (nSPS) is 16.9. The SMILES string of the molecule is COc1ccc(N2CCN(C[C@H](O)Cn3nc(C)cc3C)CC2)cc1. The molecule has 0 amide bonds. The minimum atomic E-state index is -0.398. The van der Waals surface area contributed by atoms with Crippen LogP contribution in [0, 0.1) is 13.8 Å². The van der Waals surface area contributed by atoms with E-state index >= 15 is 0 Å². The molecule has 1 aromatic heterocycles. The number of hydrogen-bond donors (Lipinski definition) is 1. The van der Waals surface area contributed by atoms with Crippen molar-refractivity contribution < 1.29 is 9.84 Å². The number of aryl methyl sites for hydroxylation is 2. The van der Waals surface area contributed by atoms with Gasteiger partial charge in [0, 0.05) is 44.1 Å². The Morgan fingerprint density at radius 3 is 2.32 bits per heavy atom. The first-order valence-corrected chi connectivity index (χ1v) is 8.85. The topological polar surface area (TPSA) is 53.8 Å². The molecule has 6 heteroatoms. The number of β-amino-alcohol motifs (C(OH)–C–C–N with tert-alkyl or cyclic N) is 1. The number of hydrogen-bond acceptors (Lipinski definition) is 5. The number of benzene rings is 1. The van der Waals surface area contributed by atoms with E-state index in [1.54, 1.807) is 7.11 Å². The zero-order valence-corrected chi connectivity index (χ0v) is 15.4. The van der Waals surface area contributed by atoms with E-state index in [0.717, 1.165) is 43.3 Å². The monoisotopic (exact) mass is 344 g/mol. The van der Waals surface area contributed by atoms with Gasteiger partial charge in [-0.1, -0.05) is 0 Å². The van der Waals surface area contributed by atoms with E-state index in [4.69, 9.17) is 4.74 Å². The standard InChI is InChI=1S/C19H28N4O2/c1-15-12-16(2)23(20-15)14-18(24)13-21-8-10-22(11-9-21)17-4-6-19(25-3)7-5-17/h4-7,12,18,24H,8-11,13-14H2,1-3H3/t18-/m0/s1. The number of aliphatic hydroxyl groups excluding tert-OH is 1. The Balaban J connectivity index is 1.47. The summed E-state index contributed by atoms with van der Waals surface area (Å²) in [6.07, 6.45) is -0.398. The molecule has 1 aliphatic heterocycles. The van der Waals surface area contributed by atoms with Crippen LogP contribution in [0.15, 0.2) is 30.3 Å². The van der Waals surface area contributed by atoms with Crippen LogP contribution in [0.25, 0.3) is 0 Å². The minimum absolute atomic E-state index is 0.398. The molecule has 25 heavy (non-hydrogen) atoms. The van der Waals surface area contributed by atoms with Gasteiger partial charge in [-0.2, -0.15) is 5.10 Å². The summed E-state index contributed by atoms with van der Waals surface area (Å²) < 4.78 is 7.11. The number of piperazine rings is 1. The molecule has 0 saturated carbocycles. The van der Waals surface area contributed by atoms with Crippen molar-refractivity contribution in [3.8, 4) is 5.75 Å². The molecule has 1 aromatic carbocycles. The molecule has 0 bridgehead atoms. The molecule has 1 fully saturated rings. The first-order chi connectivity index (χ1) is 12.0. The van der Waals surface area contributed by atoms with Crippen LogP contribution in [0.1, 0.15) is 11.4 Å². The van der Waals surface area contributed by atoms with Gasteiger partial charge in [-0.15, -0.1) is 0 Å². The first kappa shape index (κ1) is 17.8. The predicted molar refractivity (Wildman–Crippen MR) is 99.4 cm³/mol. The zero-order chi connectivity index (χ0) is 17.8. The van der Waals surface area contributed by atoms with Gasteiger partial charge in [-0.25, -0.2) is 0 Å². The zero-order valence-electron chi connectivity index (χ0n) is 15.4. The van der Waals surface area contributed by atoms with Crippen LogP contribution >= 0.6 is 0 Å². The molecule has 136 valence electrons. The molecule has 0 aliphatic carbocycles. The van der Waals surface area contributed by atoms with Crippen molar-refractivity contribution in [3.63, 3.8) is 0 Å². The lowest BCUT2D eigenvalue weighted by molar-refractivity contribution is 0.0914. The Morgan fingerprint density at radius 1 is 1.08 bits per heavy atom. The highest BCUT2D eigenvalue weighted by atomic mass is 16.5. The summed E-state index contributed by atoms with van der Waals surface area (Å²) in [5.41, 5.74) is 3.32. The van der Waals surface area contributed by atoms with E-state index in [2.05, 4.69) is 27.0 Å². The third-order valence-corrected chi connectivity index (χ3v) is 4.77. The molecule has 1 saturated heterocycles. The van der Waals surface area contributed by atoms with Gasteiger partial charge in [0.05, 0.1) is 25.5 Å². The van der Waals surface area contributed by atoms with Gasteiger partial charge in [0.1, 0.15) is 5.75 Å². The molecule has 1 N–H and O–H groups in total. The second-order valence-corrected chi connectivity index (χ2v) is 6.75. The van der Waals surface area contributed by atoms with Gasteiger partial charge in [0.15, 0.2) is 0 Å². The van der Waals surface area contributed by atoms with Crippen LogP contribution in [0.5, 0.6) is 5.75 Å². The second-order valence-electron chi connectivity index (χ2n) is 6.75. The number of rotatable bonds is 6. The Hall–Kier alpha value is -2.05. The molecular formula is C19H28N4O2. The fourth-order valence-corrected chi connectivity index (χ4v) is 3.40. The van der Waals surface area contributed by atoms with Gasteiger partial charge >= 0.3 is 0 Å². The average molecular weight is 344 g/mol. The molecule has 0 unspecified atom stereocenters. The van der Waals surface area contributed by atoms with Crippen LogP contribution in [-0.2, 0) is 6.54 Å². The smallest absolute Gasteiger partial charge is 0.119 e. The Labute approximate surface area is 149 Å². The molecule has 6 nitrogen and oxygen atoms in total. The summed E-state index contributed by atoms with van der Waals surface area (Å²) in [5.74, 6) is 0.884. The highest BCUT2D eigenvalue weighted by molar-refractivity contribution is 5.49. The quantitative estimate of drug-likeness (QED) is 0.864. The van der Waals surface area contributed by atoms with E-state index < -0.39 is 6.10 Å². The Morgan fingerprint density at radius 2 is 1.76 bits per heavy atom. The maximum atomic E-state index is 10.4. The summed E-state index contributed by atoms with van der Waals surface area (Å²) >= 11 is 0. The fourth-order valence-electron chi connectivity index (χ4n) is 3.40. The van der Waals surface area contributed by atoms with Gasteiger partial charge in [-0.05, 0) is 44.2 Å². The number of anilines is 1. The lowest BCUT2D eigenvalue weighted by Gasteiger charge is -2.37. The molecule has 0 spiro atoms. The van der Waals surface area contributed by atoms with Gasteiger partial charge < -0.3 is 14.7 Å². The molecule has 2 heterocycles. The van der Waals surface area contributed by atoms with Gasteiger partial charge in [0.25, 0.3) is 0 Å². The van der Waals surface area contributed by atoms with Crippen molar-refractivity contribution in [3.05, 3.63) is 41.7 Å². The van der Waals surface area contributed by atoms with Crippen LogP contribution in [0.2, 0.25) is 0 Å². The van der Waals surface area contributed by atoms with E-state index in [1.807, 2.05) is 36.7 Å². The van der Waals surface area contributed by atoms with Crippen molar-refractivity contribution in [2.75, 3.05) is 44.7 Å². The van der Waals surface area contributed by atoms with Gasteiger partial charge in [-0.3, -0.25) is 9.58 Å². The van der Waals surface area contributed by atoms with Crippen LogP contribution in [-0.4, -0.2) is 65.7 Å². The molecule has 2 aromatic rings. The fraction of sp³-hybridized carbons (Fsp3) is 0.526. The first-order valence-electron chi connectivity index (χ1n) is 8.85. The van der Waals surface area contributed by atoms with E-state index in [9.17, 15) is 5.11 Å². The summed E-state index contributed by atoms with van der Waals surface area (Å²) in [4.78, 5) is 4.71. The average Bonchev–Trinajstić information content (AvgIpc) is 2.92. The van der Waals surface area contributed by atoms with Crippen molar-refractivity contribution in [2.24, 2.45) is 0 Å². The van der Waals surface area contributed by atoms with E-state index in [1.165, 1.54) is 5.69 Å². The molecule has 0 radical (unpaired) electrons. The van der Waals surface area contributed by atoms with Crippen LogP contribution in [0.4, 0.5) is 5.69 Å². The van der Waals surface area contributed by atoms with Crippen molar-refractivity contribution in [1.82, 2.24) is 14.7 Å². The van der Waals surface area contributed by atoms with E-state index in [-0.39, 0.29) is 0 Å². The van der Waals surface area contributed by atoms with Crippen LogP contribution in [0.3, 0.4) is 0 Å². The third-order valence-electron chi connectivity index (χ3n) is 4.77.